The van der Waals surface area contributed by atoms with E-state index in [0.717, 1.165) is 25.5 Å². The van der Waals surface area contributed by atoms with E-state index in [9.17, 15) is 0 Å². The molecule has 0 saturated carbocycles. The number of thiophene rings is 1. The third-order valence-corrected chi connectivity index (χ3v) is 5.79. The molecule has 3 aromatic rings. The molecule has 1 saturated heterocycles. The van der Waals surface area contributed by atoms with Gasteiger partial charge in [-0.15, -0.1) is 11.3 Å². The Balaban J connectivity index is 1.54. The Labute approximate surface area is 147 Å². The highest BCUT2D eigenvalue weighted by Gasteiger charge is 2.27. The van der Waals surface area contributed by atoms with Gasteiger partial charge in [-0.2, -0.15) is 0 Å². The second-order valence-corrected chi connectivity index (χ2v) is 8.02. The third-order valence-electron chi connectivity index (χ3n) is 4.80. The molecule has 1 aliphatic rings. The Hall–Kier alpha value is -1.91. The molecule has 1 fully saturated rings. The van der Waals surface area contributed by atoms with Crippen LogP contribution in [0.2, 0.25) is 0 Å². The largest absolute Gasteiger partial charge is 0.324 e. The van der Waals surface area contributed by atoms with Crippen molar-refractivity contribution in [2.24, 2.45) is 0 Å². The van der Waals surface area contributed by atoms with Crippen LogP contribution in [-0.4, -0.2) is 27.5 Å². The van der Waals surface area contributed by atoms with Crippen molar-refractivity contribution < 1.29 is 0 Å². The smallest absolute Gasteiger partial charge is 0.140 e. The third kappa shape index (κ3) is 3.04. The molecule has 1 aliphatic heterocycles. The average Bonchev–Trinajstić information content (AvgIpc) is 3.29. The second-order valence-electron chi connectivity index (χ2n) is 6.65. The molecule has 0 radical (unpaired) electrons. The minimum absolute atomic E-state index is 0.517. The number of hydrogen-bond donors (Lipinski definition) is 0. The van der Waals surface area contributed by atoms with Gasteiger partial charge >= 0.3 is 0 Å². The molecule has 3 nitrogen and oxygen atoms in total. The SMILES string of the molecule is Cc1ccc(CN2CCC(n3c(C)cnc3-c3ccccc3)C2)s1. The molecular formula is C20H23N3S. The lowest BCUT2D eigenvalue weighted by atomic mass is 10.2. The Morgan fingerprint density at radius 2 is 1.96 bits per heavy atom. The van der Waals surface area contributed by atoms with E-state index in [-0.39, 0.29) is 0 Å². The predicted molar refractivity (Wildman–Crippen MR) is 100 cm³/mol. The van der Waals surface area contributed by atoms with Crippen LogP contribution >= 0.6 is 11.3 Å². The zero-order chi connectivity index (χ0) is 16.5. The lowest BCUT2D eigenvalue weighted by Gasteiger charge is -2.19. The summed E-state index contributed by atoms with van der Waals surface area (Å²) in [6.07, 6.45) is 3.20. The first kappa shape index (κ1) is 15.6. The fourth-order valence-electron chi connectivity index (χ4n) is 3.66. The molecule has 0 N–H and O–H groups in total. The molecule has 1 unspecified atom stereocenters. The number of benzene rings is 1. The van der Waals surface area contributed by atoms with Gasteiger partial charge < -0.3 is 4.57 Å². The van der Waals surface area contributed by atoms with Gasteiger partial charge in [-0.05, 0) is 32.4 Å². The number of aromatic nitrogens is 2. The Morgan fingerprint density at radius 1 is 1.12 bits per heavy atom. The van der Waals surface area contributed by atoms with Gasteiger partial charge in [0, 0.05) is 52.9 Å². The van der Waals surface area contributed by atoms with Gasteiger partial charge in [0.15, 0.2) is 0 Å². The highest BCUT2D eigenvalue weighted by molar-refractivity contribution is 7.11. The van der Waals surface area contributed by atoms with Crippen LogP contribution in [0.4, 0.5) is 0 Å². The summed E-state index contributed by atoms with van der Waals surface area (Å²) in [6.45, 7) is 7.69. The number of hydrogen-bond acceptors (Lipinski definition) is 3. The number of rotatable bonds is 4. The fraction of sp³-hybridized carbons (Fsp3) is 0.350. The van der Waals surface area contributed by atoms with Crippen molar-refractivity contribution in [1.82, 2.24) is 14.5 Å². The second kappa shape index (κ2) is 6.54. The lowest BCUT2D eigenvalue weighted by molar-refractivity contribution is 0.318. The summed E-state index contributed by atoms with van der Waals surface area (Å²) >= 11 is 1.92. The Kier molecular flexibility index (Phi) is 4.25. The molecule has 4 heteroatoms. The van der Waals surface area contributed by atoms with Gasteiger partial charge in [0.05, 0.1) is 0 Å². The molecule has 2 aromatic heterocycles. The summed E-state index contributed by atoms with van der Waals surface area (Å²) < 4.78 is 2.44. The first-order valence-corrected chi connectivity index (χ1v) is 9.39. The molecule has 24 heavy (non-hydrogen) atoms. The van der Waals surface area contributed by atoms with E-state index < -0.39 is 0 Å². The normalized spacial score (nSPS) is 18.3. The van der Waals surface area contributed by atoms with Crippen molar-refractivity contribution in [3.05, 3.63) is 64.1 Å². The maximum atomic E-state index is 4.69. The number of nitrogens with zero attached hydrogens (tertiary/aromatic N) is 3. The summed E-state index contributed by atoms with van der Waals surface area (Å²) in [7, 11) is 0. The lowest BCUT2D eigenvalue weighted by Crippen LogP contribution is -2.21. The molecule has 0 bridgehead atoms. The Bertz CT molecular complexity index is 819. The number of aryl methyl sites for hydroxylation is 2. The predicted octanol–water partition coefficient (Wildman–Crippen LogP) is 4.68. The van der Waals surface area contributed by atoms with Crippen molar-refractivity contribution in [2.75, 3.05) is 13.1 Å². The van der Waals surface area contributed by atoms with Crippen molar-refractivity contribution in [3.8, 4) is 11.4 Å². The van der Waals surface area contributed by atoms with E-state index in [1.807, 2.05) is 17.5 Å². The van der Waals surface area contributed by atoms with Crippen LogP contribution in [0.5, 0.6) is 0 Å². The van der Waals surface area contributed by atoms with E-state index in [4.69, 9.17) is 0 Å². The van der Waals surface area contributed by atoms with E-state index in [1.165, 1.54) is 27.4 Å². The maximum Gasteiger partial charge on any atom is 0.140 e. The summed E-state index contributed by atoms with van der Waals surface area (Å²) in [5, 5.41) is 0. The molecule has 0 aliphatic carbocycles. The highest BCUT2D eigenvalue weighted by atomic mass is 32.1. The molecular weight excluding hydrogens is 314 g/mol. The van der Waals surface area contributed by atoms with Crippen LogP contribution in [0, 0.1) is 13.8 Å². The summed E-state index contributed by atoms with van der Waals surface area (Å²) in [5.41, 5.74) is 2.46. The minimum Gasteiger partial charge on any atom is -0.324 e. The number of likely N-dealkylation sites (tertiary alicyclic amines) is 1. The van der Waals surface area contributed by atoms with Crippen molar-refractivity contribution in [2.45, 2.75) is 32.9 Å². The van der Waals surface area contributed by atoms with Gasteiger partial charge in [0.1, 0.15) is 5.82 Å². The highest BCUT2D eigenvalue weighted by Crippen LogP contribution is 2.30. The van der Waals surface area contributed by atoms with Crippen LogP contribution in [0.3, 0.4) is 0 Å². The van der Waals surface area contributed by atoms with Crippen molar-refractivity contribution in [3.63, 3.8) is 0 Å². The standard InChI is InChI=1S/C20H23N3S/c1-15-12-21-20(17-6-4-3-5-7-17)23(15)18-10-11-22(13-18)14-19-9-8-16(2)24-19/h3-9,12,18H,10-11,13-14H2,1-2H3. The van der Waals surface area contributed by atoms with Crippen LogP contribution < -0.4 is 0 Å². The van der Waals surface area contributed by atoms with E-state index >= 15 is 0 Å². The van der Waals surface area contributed by atoms with Crippen molar-refractivity contribution in [1.29, 1.82) is 0 Å². The molecule has 124 valence electrons. The molecule has 1 atom stereocenters. The van der Waals surface area contributed by atoms with Crippen LogP contribution in [0.25, 0.3) is 11.4 Å². The monoisotopic (exact) mass is 337 g/mol. The summed E-state index contributed by atoms with van der Waals surface area (Å²) in [4.78, 5) is 10.1. The molecule has 3 heterocycles. The average molecular weight is 337 g/mol. The van der Waals surface area contributed by atoms with Crippen molar-refractivity contribution >= 4 is 11.3 Å². The zero-order valence-electron chi connectivity index (χ0n) is 14.3. The molecule has 1 aromatic carbocycles. The molecule has 0 spiro atoms. The van der Waals surface area contributed by atoms with Crippen LogP contribution in [0.15, 0.2) is 48.7 Å². The van der Waals surface area contributed by atoms with Gasteiger partial charge in [0.25, 0.3) is 0 Å². The fourth-order valence-corrected chi connectivity index (χ4v) is 4.60. The first-order valence-electron chi connectivity index (χ1n) is 8.57. The summed E-state index contributed by atoms with van der Waals surface area (Å²) in [5.74, 6) is 1.10. The zero-order valence-corrected chi connectivity index (χ0v) is 15.1. The van der Waals surface area contributed by atoms with E-state index in [0.29, 0.717) is 6.04 Å². The first-order chi connectivity index (χ1) is 11.7. The quantitative estimate of drug-likeness (QED) is 0.689. The van der Waals surface area contributed by atoms with Gasteiger partial charge in [0.2, 0.25) is 0 Å². The number of imidazole rings is 1. The van der Waals surface area contributed by atoms with Gasteiger partial charge in [-0.25, -0.2) is 4.98 Å². The van der Waals surface area contributed by atoms with Crippen LogP contribution in [-0.2, 0) is 6.54 Å². The summed E-state index contributed by atoms with van der Waals surface area (Å²) in [6, 6.07) is 15.5. The van der Waals surface area contributed by atoms with E-state index in [1.54, 1.807) is 0 Å². The Morgan fingerprint density at radius 3 is 2.71 bits per heavy atom. The topological polar surface area (TPSA) is 21.1 Å². The van der Waals surface area contributed by atoms with E-state index in [2.05, 4.69) is 70.8 Å². The van der Waals surface area contributed by atoms with Crippen LogP contribution in [0.1, 0.15) is 27.9 Å². The maximum absolute atomic E-state index is 4.69. The van der Waals surface area contributed by atoms with Gasteiger partial charge in [-0.1, -0.05) is 30.3 Å². The molecule has 0 amide bonds. The molecule has 4 rings (SSSR count). The minimum atomic E-state index is 0.517. The van der Waals surface area contributed by atoms with Gasteiger partial charge in [-0.3, -0.25) is 4.90 Å².